The summed E-state index contributed by atoms with van der Waals surface area (Å²) in [4.78, 5) is 25.9. The quantitative estimate of drug-likeness (QED) is 0.684. The van der Waals surface area contributed by atoms with Gasteiger partial charge in [0, 0.05) is 24.8 Å². The van der Waals surface area contributed by atoms with Gasteiger partial charge >= 0.3 is 0 Å². The van der Waals surface area contributed by atoms with Crippen molar-refractivity contribution < 1.29 is 9.59 Å². The van der Waals surface area contributed by atoms with Crippen molar-refractivity contribution in [2.24, 2.45) is 11.7 Å². The van der Waals surface area contributed by atoms with Crippen molar-refractivity contribution in [1.29, 1.82) is 0 Å². The van der Waals surface area contributed by atoms with Crippen LogP contribution in [-0.2, 0) is 16.0 Å². The van der Waals surface area contributed by atoms with Crippen LogP contribution in [0.5, 0.6) is 0 Å². The first-order valence-corrected chi connectivity index (χ1v) is 8.54. The average molecular weight is 332 g/mol. The molecule has 0 radical (unpaired) electrons. The zero-order chi connectivity index (χ0) is 17.7. The molecule has 1 aliphatic heterocycles. The molecule has 0 aromatic heterocycles. The Kier molecular flexibility index (Phi) is 6.20. The first-order chi connectivity index (χ1) is 11.4. The Bertz CT molecular complexity index is 588. The molecule has 2 atom stereocenters. The van der Waals surface area contributed by atoms with Gasteiger partial charge in [-0.25, -0.2) is 0 Å². The third-order valence-electron chi connectivity index (χ3n) is 4.47. The molecule has 1 aliphatic rings. The van der Waals surface area contributed by atoms with Crippen LogP contribution in [0.25, 0.3) is 0 Å². The van der Waals surface area contributed by atoms with Crippen LogP contribution in [0.1, 0.15) is 26.3 Å². The van der Waals surface area contributed by atoms with Crippen LogP contribution in [0.2, 0.25) is 0 Å². The lowest BCUT2D eigenvalue weighted by molar-refractivity contribution is -0.127. The second kappa shape index (κ2) is 8.15. The van der Waals surface area contributed by atoms with Crippen LogP contribution in [0.4, 0.5) is 5.69 Å². The van der Waals surface area contributed by atoms with Crippen LogP contribution in [0.3, 0.4) is 0 Å². The lowest BCUT2D eigenvalue weighted by atomic mass is 10.1. The highest BCUT2D eigenvalue weighted by Gasteiger charge is 2.25. The van der Waals surface area contributed by atoms with Crippen molar-refractivity contribution in [3.05, 3.63) is 29.8 Å². The molecule has 1 heterocycles. The molecule has 1 aromatic rings. The standard InChI is InChI=1S/C18H28N4O2/c1-12(2)17(19)18(24)21-11-16(23)20-8-9-22-13(3)10-14-6-4-5-7-15(14)22/h4-7,12-13,17H,8-11,19H2,1-3H3,(H,20,23)(H,21,24)/t13?,17-/m0/s1. The average Bonchev–Trinajstić information content (AvgIpc) is 2.87. The highest BCUT2D eigenvalue weighted by Crippen LogP contribution is 2.31. The number of hydrogen-bond donors (Lipinski definition) is 3. The summed E-state index contributed by atoms with van der Waals surface area (Å²) in [6.45, 7) is 7.20. The van der Waals surface area contributed by atoms with Crippen LogP contribution >= 0.6 is 0 Å². The van der Waals surface area contributed by atoms with E-state index in [-0.39, 0.29) is 24.3 Å². The number of nitrogens with one attached hydrogen (secondary N) is 2. The van der Waals surface area contributed by atoms with Crippen LogP contribution < -0.4 is 21.3 Å². The molecule has 6 nitrogen and oxygen atoms in total. The molecule has 6 heteroatoms. The minimum Gasteiger partial charge on any atom is -0.367 e. The minimum atomic E-state index is -0.584. The van der Waals surface area contributed by atoms with E-state index in [0.717, 1.165) is 13.0 Å². The number of para-hydroxylation sites is 1. The van der Waals surface area contributed by atoms with E-state index in [9.17, 15) is 9.59 Å². The van der Waals surface area contributed by atoms with Crippen molar-refractivity contribution in [1.82, 2.24) is 10.6 Å². The number of fused-ring (bicyclic) bond motifs is 1. The maximum absolute atomic E-state index is 11.9. The zero-order valence-electron chi connectivity index (χ0n) is 14.7. The number of carbonyl (C=O) groups is 2. The minimum absolute atomic E-state index is 0.0363. The number of amides is 2. The largest absolute Gasteiger partial charge is 0.367 e. The van der Waals surface area contributed by atoms with E-state index in [4.69, 9.17) is 5.73 Å². The summed E-state index contributed by atoms with van der Waals surface area (Å²) < 4.78 is 0. The Balaban J connectivity index is 1.73. The highest BCUT2D eigenvalue weighted by molar-refractivity contribution is 5.87. The zero-order valence-corrected chi connectivity index (χ0v) is 14.7. The SMILES string of the molecule is CC(C)[C@H](N)C(=O)NCC(=O)NCCN1c2ccccc2CC1C. The molecule has 0 saturated heterocycles. The molecule has 1 aromatic carbocycles. The van der Waals surface area contributed by atoms with Crippen molar-refractivity contribution in [3.63, 3.8) is 0 Å². The Morgan fingerprint density at radius 1 is 1.29 bits per heavy atom. The van der Waals surface area contributed by atoms with Crippen molar-refractivity contribution in [2.45, 2.75) is 39.3 Å². The van der Waals surface area contributed by atoms with Crippen molar-refractivity contribution in [3.8, 4) is 0 Å². The fraction of sp³-hybridized carbons (Fsp3) is 0.556. The topological polar surface area (TPSA) is 87.5 Å². The van der Waals surface area contributed by atoms with Crippen molar-refractivity contribution >= 4 is 17.5 Å². The number of benzene rings is 1. The fourth-order valence-electron chi connectivity index (χ4n) is 2.94. The van der Waals surface area contributed by atoms with Gasteiger partial charge in [-0.2, -0.15) is 0 Å². The Morgan fingerprint density at radius 3 is 2.71 bits per heavy atom. The predicted molar refractivity (Wildman–Crippen MR) is 95.8 cm³/mol. The van der Waals surface area contributed by atoms with Gasteiger partial charge in [0.05, 0.1) is 12.6 Å². The molecule has 0 saturated carbocycles. The van der Waals surface area contributed by atoms with Gasteiger partial charge in [-0.15, -0.1) is 0 Å². The molecule has 0 aliphatic carbocycles. The maximum atomic E-state index is 11.9. The van der Waals surface area contributed by atoms with E-state index >= 15 is 0 Å². The summed E-state index contributed by atoms with van der Waals surface area (Å²) in [5.41, 5.74) is 8.34. The van der Waals surface area contributed by atoms with E-state index < -0.39 is 6.04 Å². The number of nitrogens with zero attached hydrogens (tertiary/aromatic N) is 1. The summed E-state index contributed by atoms with van der Waals surface area (Å²) >= 11 is 0. The number of anilines is 1. The molecule has 0 bridgehead atoms. The first-order valence-electron chi connectivity index (χ1n) is 8.54. The van der Waals surface area contributed by atoms with Gasteiger partial charge in [-0.3, -0.25) is 9.59 Å². The summed E-state index contributed by atoms with van der Waals surface area (Å²) in [5, 5.41) is 5.43. The third-order valence-corrected chi connectivity index (χ3v) is 4.47. The second-order valence-electron chi connectivity index (χ2n) is 6.71. The van der Waals surface area contributed by atoms with Gasteiger partial charge in [-0.05, 0) is 30.9 Å². The molecule has 2 rings (SSSR count). The lowest BCUT2D eigenvalue weighted by Crippen LogP contribution is -2.48. The molecule has 24 heavy (non-hydrogen) atoms. The van der Waals surface area contributed by atoms with E-state index in [1.165, 1.54) is 11.3 Å². The first kappa shape index (κ1) is 18.3. The summed E-state index contributed by atoms with van der Waals surface area (Å²) in [6.07, 6.45) is 1.03. The number of rotatable bonds is 7. The van der Waals surface area contributed by atoms with Crippen molar-refractivity contribution in [2.75, 3.05) is 24.5 Å². The van der Waals surface area contributed by atoms with Crippen LogP contribution in [0, 0.1) is 5.92 Å². The third kappa shape index (κ3) is 4.47. The van der Waals surface area contributed by atoms with Gasteiger partial charge in [-0.1, -0.05) is 32.0 Å². The fourth-order valence-corrected chi connectivity index (χ4v) is 2.94. The Morgan fingerprint density at radius 2 is 2.00 bits per heavy atom. The molecule has 1 unspecified atom stereocenters. The van der Waals surface area contributed by atoms with E-state index in [1.54, 1.807) is 0 Å². The number of nitrogens with two attached hydrogens (primary N) is 1. The van der Waals surface area contributed by atoms with Gasteiger partial charge < -0.3 is 21.3 Å². The summed E-state index contributed by atoms with van der Waals surface area (Å²) in [5.74, 6) is -0.438. The van der Waals surface area contributed by atoms with Gasteiger partial charge in [0.25, 0.3) is 0 Å². The van der Waals surface area contributed by atoms with Gasteiger partial charge in [0.2, 0.25) is 11.8 Å². The molecular formula is C18H28N4O2. The molecular weight excluding hydrogens is 304 g/mol. The molecule has 0 spiro atoms. The summed E-state index contributed by atoms with van der Waals surface area (Å²) in [6, 6.07) is 8.21. The smallest absolute Gasteiger partial charge is 0.239 e. The summed E-state index contributed by atoms with van der Waals surface area (Å²) in [7, 11) is 0. The van der Waals surface area contributed by atoms with Gasteiger partial charge in [0.15, 0.2) is 0 Å². The maximum Gasteiger partial charge on any atom is 0.239 e. The Labute approximate surface area is 143 Å². The molecule has 4 N–H and O–H groups in total. The van der Waals surface area contributed by atoms with Crippen LogP contribution in [-0.4, -0.2) is 43.5 Å². The predicted octanol–water partition coefficient (Wildman–Crippen LogP) is 0.653. The highest BCUT2D eigenvalue weighted by atomic mass is 16.2. The molecule has 132 valence electrons. The van der Waals surface area contributed by atoms with E-state index in [2.05, 4.69) is 40.7 Å². The second-order valence-corrected chi connectivity index (χ2v) is 6.71. The number of hydrogen-bond acceptors (Lipinski definition) is 4. The normalized spacial score (nSPS) is 17.5. The lowest BCUT2D eigenvalue weighted by Gasteiger charge is -2.25. The van der Waals surface area contributed by atoms with E-state index in [1.807, 2.05) is 19.9 Å². The Hall–Kier alpha value is -2.08. The van der Waals surface area contributed by atoms with Crippen LogP contribution in [0.15, 0.2) is 24.3 Å². The monoisotopic (exact) mass is 332 g/mol. The van der Waals surface area contributed by atoms with Gasteiger partial charge in [0.1, 0.15) is 0 Å². The molecule has 2 amide bonds. The molecule has 0 fully saturated rings. The van der Waals surface area contributed by atoms with E-state index in [0.29, 0.717) is 12.6 Å². The number of carbonyl (C=O) groups excluding carboxylic acids is 2.